The van der Waals surface area contributed by atoms with Crippen LogP contribution in [-0.2, 0) is 4.79 Å². The topological polar surface area (TPSA) is 73.1 Å². The third-order valence-electron chi connectivity index (χ3n) is 3.92. The third kappa shape index (κ3) is 3.96. The van der Waals surface area contributed by atoms with Crippen molar-refractivity contribution in [1.29, 1.82) is 0 Å². The first-order chi connectivity index (χ1) is 13.2. The van der Waals surface area contributed by atoms with Gasteiger partial charge in [0, 0.05) is 10.6 Å². The van der Waals surface area contributed by atoms with Crippen molar-refractivity contribution in [2.75, 3.05) is 6.61 Å². The third-order valence-corrected chi connectivity index (χ3v) is 4.18. The van der Waals surface area contributed by atoms with Gasteiger partial charge in [0.1, 0.15) is 18.1 Å². The van der Waals surface area contributed by atoms with Gasteiger partial charge >= 0.3 is 0 Å². The van der Waals surface area contributed by atoms with Gasteiger partial charge in [-0.2, -0.15) is 5.10 Å². The average Bonchev–Trinajstić information content (AvgIpc) is 3.17. The molecule has 4 rings (SSSR count). The molecule has 1 aliphatic heterocycles. The quantitative estimate of drug-likeness (QED) is 0.548. The lowest BCUT2D eigenvalue weighted by molar-refractivity contribution is -0.130. The fraction of sp³-hybridized carbons (Fsp3) is 0.100. The molecule has 0 bridgehead atoms. The number of hydrogen-bond acceptors (Lipinski definition) is 5. The summed E-state index contributed by atoms with van der Waals surface area (Å²) in [6.45, 7) is 0.125. The molecule has 1 unspecified atom stereocenters. The highest BCUT2D eigenvalue weighted by Gasteiger charge is 2.26. The lowest BCUT2D eigenvalue weighted by Gasteiger charge is -2.24. The molecule has 6 nitrogen and oxygen atoms in total. The highest BCUT2D eigenvalue weighted by atomic mass is 35.5. The molecule has 1 aromatic heterocycles. The maximum atomic E-state index is 12.2. The first-order valence-corrected chi connectivity index (χ1v) is 8.64. The molecular formula is C20H15ClN2O4. The van der Waals surface area contributed by atoms with Gasteiger partial charge < -0.3 is 13.9 Å². The van der Waals surface area contributed by atoms with Gasteiger partial charge in [0.05, 0.1) is 6.21 Å². The van der Waals surface area contributed by atoms with Crippen LogP contribution in [0.4, 0.5) is 0 Å². The van der Waals surface area contributed by atoms with Crippen molar-refractivity contribution in [3.8, 4) is 22.8 Å². The minimum Gasteiger partial charge on any atom is -0.485 e. The number of halogens is 1. The summed E-state index contributed by atoms with van der Waals surface area (Å²) in [7, 11) is 0. The summed E-state index contributed by atoms with van der Waals surface area (Å²) in [6, 6.07) is 18.1. The van der Waals surface area contributed by atoms with E-state index in [1.54, 1.807) is 30.3 Å². The second-order valence-corrected chi connectivity index (χ2v) is 6.24. The lowest BCUT2D eigenvalue weighted by Crippen LogP contribution is -2.42. The van der Waals surface area contributed by atoms with E-state index in [9.17, 15) is 4.79 Å². The number of furan rings is 1. The van der Waals surface area contributed by atoms with E-state index in [1.165, 1.54) is 6.21 Å². The molecular weight excluding hydrogens is 368 g/mol. The van der Waals surface area contributed by atoms with Gasteiger partial charge in [-0.15, -0.1) is 0 Å². The Bertz CT molecular complexity index is 982. The Hall–Kier alpha value is -3.25. The predicted molar refractivity (Wildman–Crippen MR) is 101 cm³/mol. The molecule has 3 aromatic rings. The van der Waals surface area contributed by atoms with E-state index in [4.69, 9.17) is 25.5 Å². The molecule has 1 N–H and O–H groups in total. The fourth-order valence-corrected chi connectivity index (χ4v) is 2.70. The molecule has 2 heterocycles. The summed E-state index contributed by atoms with van der Waals surface area (Å²) < 4.78 is 16.8. The largest absolute Gasteiger partial charge is 0.485 e. The predicted octanol–water partition coefficient (Wildman–Crippen LogP) is 3.89. The Morgan fingerprint density at radius 3 is 2.67 bits per heavy atom. The van der Waals surface area contributed by atoms with Crippen molar-refractivity contribution in [3.63, 3.8) is 0 Å². The number of fused-ring (bicyclic) bond motifs is 1. The zero-order chi connectivity index (χ0) is 18.6. The number of hydrogen-bond donors (Lipinski definition) is 1. The molecule has 136 valence electrons. The van der Waals surface area contributed by atoms with Gasteiger partial charge in [-0.25, -0.2) is 5.43 Å². The van der Waals surface area contributed by atoms with Crippen LogP contribution >= 0.6 is 11.6 Å². The summed E-state index contributed by atoms with van der Waals surface area (Å²) in [5.74, 6) is 1.94. The van der Waals surface area contributed by atoms with Crippen molar-refractivity contribution in [3.05, 3.63) is 71.4 Å². The Morgan fingerprint density at radius 1 is 1.07 bits per heavy atom. The van der Waals surface area contributed by atoms with Crippen LogP contribution in [0.2, 0.25) is 5.02 Å². The van der Waals surface area contributed by atoms with Crippen LogP contribution < -0.4 is 14.9 Å². The van der Waals surface area contributed by atoms with Crippen LogP contribution in [-0.4, -0.2) is 24.8 Å². The number of benzene rings is 2. The van der Waals surface area contributed by atoms with Crippen LogP contribution in [0.15, 0.2) is 70.2 Å². The Balaban J connectivity index is 1.36. The molecule has 1 amide bonds. The smallest absolute Gasteiger partial charge is 0.284 e. The number of hydrazone groups is 1. The lowest BCUT2D eigenvalue weighted by atomic mass is 10.2. The van der Waals surface area contributed by atoms with Gasteiger partial charge in [-0.1, -0.05) is 23.7 Å². The number of para-hydroxylation sites is 2. The summed E-state index contributed by atoms with van der Waals surface area (Å²) in [4.78, 5) is 12.2. The van der Waals surface area contributed by atoms with Crippen molar-refractivity contribution < 1.29 is 18.7 Å². The second-order valence-electron chi connectivity index (χ2n) is 5.81. The monoisotopic (exact) mass is 382 g/mol. The standard InChI is InChI=1S/C20H15ClN2O4/c21-14-7-5-13(6-8-14)16-10-9-15(26-16)11-22-23-20(24)19-12-25-17-3-1-2-4-18(17)27-19/h1-11,19H,12H2,(H,23,24)/b22-11-. The Labute approximate surface area is 160 Å². The number of nitrogens with zero attached hydrogens (tertiary/aromatic N) is 1. The van der Waals surface area contributed by atoms with Crippen molar-refractivity contribution in [1.82, 2.24) is 5.43 Å². The summed E-state index contributed by atoms with van der Waals surface area (Å²) >= 11 is 5.88. The molecule has 0 aliphatic carbocycles. The summed E-state index contributed by atoms with van der Waals surface area (Å²) in [5.41, 5.74) is 3.33. The SMILES string of the molecule is O=C(N/N=C\c1ccc(-c2ccc(Cl)cc2)o1)C1COc2ccccc2O1. The normalized spacial score (nSPS) is 15.7. The van der Waals surface area contributed by atoms with E-state index in [-0.39, 0.29) is 6.61 Å². The van der Waals surface area contributed by atoms with E-state index in [0.29, 0.717) is 28.0 Å². The number of ether oxygens (including phenoxy) is 2. The molecule has 0 radical (unpaired) electrons. The van der Waals surface area contributed by atoms with Gasteiger partial charge in [0.25, 0.3) is 5.91 Å². The Morgan fingerprint density at radius 2 is 1.85 bits per heavy atom. The molecule has 2 aromatic carbocycles. The molecule has 1 aliphatic rings. The highest BCUT2D eigenvalue weighted by molar-refractivity contribution is 6.30. The van der Waals surface area contributed by atoms with Crippen molar-refractivity contribution >= 4 is 23.7 Å². The zero-order valence-electron chi connectivity index (χ0n) is 14.1. The second kappa shape index (κ2) is 7.55. The minimum atomic E-state index is -0.765. The first kappa shape index (κ1) is 17.2. The zero-order valence-corrected chi connectivity index (χ0v) is 14.8. The van der Waals surface area contributed by atoms with Crippen LogP contribution in [0.25, 0.3) is 11.3 Å². The number of carbonyl (C=O) groups is 1. The fourth-order valence-electron chi connectivity index (χ4n) is 2.57. The average molecular weight is 383 g/mol. The van der Waals surface area contributed by atoms with Crippen LogP contribution in [0.5, 0.6) is 11.5 Å². The van der Waals surface area contributed by atoms with Gasteiger partial charge in [0.2, 0.25) is 6.10 Å². The Kier molecular flexibility index (Phi) is 4.80. The van der Waals surface area contributed by atoms with E-state index >= 15 is 0 Å². The number of rotatable bonds is 4. The summed E-state index contributed by atoms with van der Waals surface area (Å²) in [5, 5.41) is 4.58. The molecule has 1 atom stereocenters. The van der Waals surface area contributed by atoms with Crippen LogP contribution in [0, 0.1) is 0 Å². The van der Waals surface area contributed by atoms with Gasteiger partial charge in [0.15, 0.2) is 11.5 Å². The highest BCUT2D eigenvalue weighted by Crippen LogP contribution is 2.30. The van der Waals surface area contributed by atoms with Crippen molar-refractivity contribution in [2.24, 2.45) is 5.10 Å². The number of amides is 1. The number of nitrogens with one attached hydrogen (secondary N) is 1. The van der Waals surface area contributed by atoms with Gasteiger partial charge in [-0.3, -0.25) is 4.79 Å². The molecule has 0 fully saturated rings. The van der Waals surface area contributed by atoms with Crippen LogP contribution in [0.1, 0.15) is 5.76 Å². The molecule has 0 spiro atoms. The van der Waals surface area contributed by atoms with Gasteiger partial charge in [-0.05, 0) is 48.5 Å². The first-order valence-electron chi connectivity index (χ1n) is 8.26. The van der Waals surface area contributed by atoms with Crippen LogP contribution in [0.3, 0.4) is 0 Å². The van der Waals surface area contributed by atoms with Crippen molar-refractivity contribution in [2.45, 2.75) is 6.10 Å². The van der Waals surface area contributed by atoms with E-state index in [2.05, 4.69) is 10.5 Å². The maximum absolute atomic E-state index is 12.2. The molecule has 27 heavy (non-hydrogen) atoms. The minimum absolute atomic E-state index is 0.125. The molecule has 7 heteroatoms. The number of carbonyl (C=O) groups excluding carboxylic acids is 1. The molecule has 0 saturated heterocycles. The van der Waals surface area contributed by atoms with E-state index in [0.717, 1.165) is 5.56 Å². The summed E-state index contributed by atoms with van der Waals surface area (Å²) in [6.07, 6.45) is 0.660. The molecule has 0 saturated carbocycles. The van der Waals surface area contributed by atoms with E-state index in [1.807, 2.05) is 30.3 Å². The maximum Gasteiger partial charge on any atom is 0.284 e. The van der Waals surface area contributed by atoms with E-state index < -0.39 is 12.0 Å².